The first kappa shape index (κ1) is 20.1. The van der Waals surface area contributed by atoms with Gasteiger partial charge in [0.05, 0.1) is 7.11 Å². The van der Waals surface area contributed by atoms with Crippen LogP contribution in [0.25, 0.3) is 0 Å². The van der Waals surface area contributed by atoms with Gasteiger partial charge in [0, 0.05) is 25.0 Å². The fraction of sp³-hybridized carbons (Fsp3) is 0.650. The first-order valence-electron chi connectivity index (χ1n) is 9.30. The fourth-order valence-corrected chi connectivity index (χ4v) is 4.20. The number of benzene rings is 1. The van der Waals surface area contributed by atoms with Gasteiger partial charge in [-0.05, 0) is 61.6 Å². The summed E-state index contributed by atoms with van der Waals surface area (Å²) in [5.41, 5.74) is 1.29. The summed E-state index contributed by atoms with van der Waals surface area (Å²) in [6, 6.07) is 9.53. The average Bonchev–Trinajstić information content (AvgIpc) is 2.93. The highest BCUT2D eigenvalue weighted by atomic mass is 35.5. The van der Waals surface area contributed by atoms with E-state index in [1.54, 1.807) is 7.11 Å². The maximum Gasteiger partial charge on any atom is 0.220 e. The molecule has 1 aromatic rings. The predicted octanol–water partition coefficient (Wildman–Crippen LogP) is 3.65. The summed E-state index contributed by atoms with van der Waals surface area (Å²) in [5, 5.41) is 6.76. The van der Waals surface area contributed by atoms with Crippen LogP contribution in [0.2, 0.25) is 0 Å². The maximum absolute atomic E-state index is 12.2. The Hall–Kier alpha value is -1.26. The van der Waals surface area contributed by atoms with Crippen molar-refractivity contribution in [2.24, 2.45) is 5.92 Å². The molecule has 0 radical (unpaired) electrons. The number of ether oxygens (including phenoxy) is 1. The molecule has 25 heavy (non-hydrogen) atoms. The van der Waals surface area contributed by atoms with Crippen molar-refractivity contribution in [3.05, 3.63) is 29.8 Å². The number of amides is 1. The minimum Gasteiger partial charge on any atom is -0.497 e. The van der Waals surface area contributed by atoms with E-state index in [9.17, 15) is 4.79 Å². The molecule has 140 valence electrons. The van der Waals surface area contributed by atoms with Crippen LogP contribution >= 0.6 is 12.4 Å². The molecule has 2 bridgehead atoms. The van der Waals surface area contributed by atoms with Crippen LogP contribution in [0.4, 0.5) is 0 Å². The first-order valence-corrected chi connectivity index (χ1v) is 9.30. The lowest BCUT2D eigenvalue weighted by Gasteiger charge is -2.28. The van der Waals surface area contributed by atoms with E-state index in [-0.39, 0.29) is 18.3 Å². The SMILES string of the molecule is COc1ccc(C(C)CCNC(=O)CC2CC3CCC(C2)N3)cc1.Cl. The highest BCUT2D eigenvalue weighted by Crippen LogP contribution is 2.32. The van der Waals surface area contributed by atoms with Gasteiger partial charge in [-0.3, -0.25) is 4.79 Å². The zero-order valence-corrected chi connectivity index (χ0v) is 16.1. The fourth-order valence-electron chi connectivity index (χ4n) is 4.20. The van der Waals surface area contributed by atoms with E-state index in [0.29, 0.717) is 30.3 Å². The van der Waals surface area contributed by atoms with Gasteiger partial charge in [-0.1, -0.05) is 19.1 Å². The molecular weight excluding hydrogens is 336 g/mol. The summed E-state index contributed by atoms with van der Waals surface area (Å²) in [5.74, 6) is 2.12. The van der Waals surface area contributed by atoms with Crippen molar-refractivity contribution in [3.63, 3.8) is 0 Å². The van der Waals surface area contributed by atoms with Gasteiger partial charge in [-0.15, -0.1) is 12.4 Å². The van der Waals surface area contributed by atoms with E-state index in [1.165, 1.54) is 31.2 Å². The zero-order chi connectivity index (χ0) is 16.9. The molecule has 2 aliphatic heterocycles. The van der Waals surface area contributed by atoms with Crippen LogP contribution in [0, 0.1) is 5.92 Å². The number of halogens is 1. The molecule has 4 nitrogen and oxygen atoms in total. The molecule has 1 amide bonds. The van der Waals surface area contributed by atoms with Gasteiger partial charge in [0.15, 0.2) is 0 Å². The van der Waals surface area contributed by atoms with Crippen molar-refractivity contribution in [3.8, 4) is 5.75 Å². The Morgan fingerprint density at radius 1 is 1.24 bits per heavy atom. The van der Waals surface area contributed by atoms with E-state index >= 15 is 0 Å². The molecule has 1 aromatic carbocycles. The number of rotatable bonds is 7. The van der Waals surface area contributed by atoms with Crippen LogP contribution in [0.15, 0.2) is 24.3 Å². The topological polar surface area (TPSA) is 50.4 Å². The maximum atomic E-state index is 12.2. The van der Waals surface area contributed by atoms with Crippen molar-refractivity contribution >= 4 is 18.3 Å². The number of fused-ring (bicyclic) bond motifs is 2. The summed E-state index contributed by atoms with van der Waals surface area (Å²) in [7, 11) is 1.68. The average molecular weight is 367 g/mol. The molecule has 2 N–H and O–H groups in total. The number of piperidine rings is 1. The standard InChI is InChI=1S/C20H30N2O2.ClH/c1-14(16-3-7-19(24-2)8-4-16)9-10-21-20(23)13-15-11-17-5-6-18(12-15)22-17;/h3-4,7-8,14-15,17-18,22H,5-6,9-13H2,1-2H3,(H,21,23);1H. The molecule has 0 saturated carbocycles. The second-order valence-electron chi connectivity index (χ2n) is 7.49. The minimum absolute atomic E-state index is 0. The van der Waals surface area contributed by atoms with Gasteiger partial charge in [0.25, 0.3) is 0 Å². The second kappa shape index (κ2) is 9.44. The minimum atomic E-state index is 0. The molecular formula is C20H31ClN2O2. The monoisotopic (exact) mass is 366 g/mol. The normalized spacial score (nSPS) is 25.8. The van der Waals surface area contributed by atoms with E-state index < -0.39 is 0 Å². The number of methoxy groups -OCH3 is 1. The lowest BCUT2D eigenvalue weighted by atomic mass is 9.89. The Labute approximate surface area is 157 Å². The van der Waals surface area contributed by atoms with Crippen LogP contribution in [-0.4, -0.2) is 31.6 Å². The van der Waals surface area contributed by atoms with Crippen molar-refractivity contribution in [1.29, 1.82) is 0 Å². The number of hydrogen-bond acceptors (Lipinski definition) is 3. The number of carbonyl (C=O) groups is 1. The summed E-state index contributed by atoms with van der Waals surface area (Å²) in [6.07, 6.45) is 6.60. The van der Waals surface area contributed by atoms with Crippen molar-refractivity contribution in [2.75, 3.05) is 13.7 Å². The Morgan fingerprint density at radius 3 is 2.48 bits per heavy atom. The largest absolute Gasteiger partial charge is 0.497 e. The van der Waals surface area contributed by atoms with Gasteiger partial charge >= 0.3 is 0 Å². The summed E-state index contributed by atoms with van der Waals surface area (Å²) in [6.45, 7) is 2.96. The number of nitrogens with one attached hydrogen (secondary N) is 2. The third kappa shape index (κ3) is 5.61. The smallest absolute Gasteiger partial charge is 0.220 e. The van der Waals surface area contributed by atoms with Crippen LogP contribution in [0.5, 0.6) is 5.75 Å². The lowest BCUT2D eigenvalue weighted by molar-refractivity contribution is -0.122. The number of hydrogen-bond donors (Lipinski definition) is 2. The van der Waals surface area contributed by atoms with Gasteiger partial charge in [-0.25, -0.2) is 0 Å². The van der Waals surface area contributed by atoms with Gasteiger partial charge in [0.2, 0.25) is 5.91 Å². The quantitative estimate of drug-likeness (QED) is 0.774. The Morgan fingerprint density at radius 2 is 1.88 bits per heavy atom. The van der Waals surface area contributed by atoms with Crippen LogP contribution in [0.3, 0.4) is 0 Å². The highest BCUT2D eigenvalue weighted by Gasteiger charge is 2.34. The molecule has 0 spiro atoms. The molecule has 3 atom stereocenters. The molecule has 3 unspecified atom stereocenters. The van der Waals surface area contributed by atoms with Gasteiger partial charge in [-0.2, -0.15) is 0 Å². The molecule has 0 aromatic heterocycles. The van der Waals surface area contributed by atoms with E-state index in [1.807, 2.05) is 12.1 Å². The van der Waals surface area contributed by atoms with Crippen molar-refractivity contribution < 1.29 is 9.53 Å². The zero-order valence-electron chi connectivity index (χ0n) is 15.3. The van der Waals surface area contributed by atoms with Crippen molar-refractivity contribution in [2.45, 2.75) is 63.5 Å². The molecule has 0 aliphatic carbocycles. The third-order valence-corrected chi connectivity index (χ3v) is 5.63. The van der Waals surface area contributed by atoms with Crippen LogP contribution in [0.1, 0.15) is 56.9 Å². The third-order valence-electron chi connectivity index (χ3n) is 5.63. The van der Waals surface area contributed by atoms with Gasteiger partial charge < -0.3 is 15.4 Å². The molecule has 2 saturated heterocycles. The summed E-state index contributed by atoms with van der Waals surface area (Å²) < 4.78 is 5.19. The molecule has 5 heteroatoms. The van der Waals surface area contributed by atoms with Crippen LogP contribution in [-0.2, 0) is 4.79 Å². The summed E-state index contributed by atoms with van der Waals surface area (Å²) in [4.78, 5) is 12.2. The van der Waals surface area contributed by atoms with Crippen LogP contribution < -0.4 is 15.4 Å². The predicted molar refractivity (Wildman–Crippen MR) is 104 cm³/mol. The highest BCUT2D eigenvalue weighted by molar-refractivity contribution is 5.85. The van der Waals surface area contributed by atoms with Crippen molar-refractivity contribution in [1.82, 2.24) is 10.6 Å². The van der Waals surface area contributed by atoms with E-state index in [4.69, 9.17) is 4.74 Å². The van der Waals surface area contributed by atoms with E-state index in [0.717, 1.165) is 18.7 Å². The van der Waals surface area contributed by atoms with Gasteiger partial charge in [0.1, 0.15) is 5.75 Å². The number of carbonyl (C=O) groups excluding carboxylic acids is 1. The molecule has 2 fully saturated rings. The molecule has 2 aliphatic rings. The Bertz CT molecular complexity index is 537. The molecule has 3 rings (SSSR count). The second-order valence-corrected chi connectivity index (χ2v) is 7.49. The Kier molecular flexibility index (Phi) is 7.57. The van der Waals surface area contributed by atoms with E-state index in [2.05, 4.69) is 29.7 Å². The summed E-state index contributed by atoms with van der Waals surface area (Å²) >= 11 is 0. The molecule has 2 heterocycles. The lowest BCUT2D eigenvalue weighted by Crippen LogP contribution is -2.39. The first-order chi connectivity index (χ1) is 11.6. The Balaban J connectivity index is 0.00000225.